The third-order valence-electron chi connectivity index (χ3n) is 3.91. The van der Waals surface area contributed by atoms with Gasteiger partial charge >= 0.3 is 0 Å². The lowest BCUT2D eigenvalue weighted by atomic mass is 10.1. The molecule has 23 heavy (non-hydrogen) atoms. The zero-order chi connectivity index (χ0) is 16.4. The molecule has 3 aromatic rings. The monoisotopic (exact) mass is 327 g/mol. The first-order valence-electron chi connectivity index (χ1n) is 7.48. The summed E-state index contributed by atoms with van der Waals surface area (Å²) in [7, 11) is 1.81. The van der Waals surface area contributed by atoms with Crippen molar-refractivity contribution in [1.82, 2.24) is 4.90 Å². The Balaban J connectivity index is 1.71. The van der Waals surface area contributed by atoms with E-state index in [9.17, 15) is 4.79 Å². The summed E-state index contributed by atoms with van der Waals surface area (Å²) < 4.78 is 5.56. The van der Waals surface area contributed by atoms with Gasteiger partial charge < -0.3 is 9.32 Å². The first-order chi connectivity index (χ1) is 11.0. The molecule has 0 bridgehead atoms. The Morgan fingerprint density at radius 3 is 2.65 bits per heavy atom. The van der Waals surface area contributed by atoms with Crippen LogP contribution in [0.5, 0.6) is 0 Å². The van der Waals surface area contributed by atoms with E-state index in [0.29, 0.717) is 18.0 Å². The largest absolute Gasteiger partial charge is 0.464 e. The fraction of sp³-hybridized carbons (Fsp3) is 0.211. The van der Waals surface area contributed by atoms with Gasteiger partial charge in [-0.3, -0.25) is 4.79 Å². The van der Waals surface area contributed by atoms with Crippen LogP contribution in [0.4, 0.5) is 0 Å². The number of rotatable bonds is 4. The highest BCUT2D eigenvalue weighted by Gasteiger charge is 2.14. The summed E-state index contributed by atoms with van der Waals surface area (Å²) in [4.78, 5) is 14.2. The second kappa shape index (κ2) is 6.47. The second-order valence-electron chi connectivity index (χ2n) is 5.81. The minimum Gasteiger partial charge on any atom is -0.464 e. The smallest absolute Gasteiger partial charge is 0.227 e. The number of nitrogens with zero attached hydrogens (tertiary/aromatic N) is 1. The van der Waals surface area contributed by atoms with Crippen molar-refractivity contribution >= 4 is 28.5 Å². The van der Waals surface area contributed by atoms with Gasteiger partial charge in [0, 0.05) is 29.6 Å². The maximum atomic E-state index is 12.5. The van der Waals surface area contributed by atoms with Crippen LogP contribution in [0.1, 0.15) is 16.7 Å². The molecule has 1 amide bonds. The van der Waals surface area contributed by atoms with Gasteiger partial charge in [-0.25, -0.2) is 0 Å². The van der Waals surface area contributed by atoms with Crippen molar-refractivity contribution in [2.75, 3.05) is 7.05 Å². The van der Waals surface area contributed by atoms with E-state index >= 15 is 0 Å². The van der Waals surface area contributed by atoms with Gasteiger partial charge in [0.2, 0.25) is 5.91 Å². The van der Waals surface area contributed by atoms with E-state index in [-0.39, 0.29) is 5.91 Å². The fourth-order valence-corrected chi connectivity index (χ4v) is 2.70. The van der Waals surface area contributed by atoms with Gasteiger partial charge in [-0.2, -0.15) is 0 Å². The number of amides is 1. The average molecular weight is 328 g/mol. The zero-order valence-electron chi connectivity index (χ0n) is 13.2. The van der Waals surface area contributed by atoms with Gasteiger partial charge in [-0.15, -0.1) is 0 Å². The van der Waals surface area contributed by atoms with Gasteiger partial charge in [0.1, 0.15) is 5.58 Å². The molecule has 0 atom stereocenters. The number of furan rings is 1. The predicted molar refractivity (Wildman–Crippen MR) is 92.6 cm³/mol. The van der Waals surface area contributed by atoms with Crippen LogP contribution in [0.25, 0.3) is 11.0 Å². The number of carbonyl (C=O) groups excluding carboxylic acids is 1. The Labute approximate surface area is 140 Å². The summed E-state index contributed by atoms with van der Waals surface area (Å²) in [5.41, 5.74) is 3.95. The average Bonchev–Trinajstić information content (AvgIpc) is 2.91. The zero-order valence-corrected chi connectivity index (χ0v) is 13.9. The molecule has 4 heteroatoms. The molecule has 3 rings (SSSR count). The van der Waals surface area contributed by atoms with Crippen molar-refractivity contribution in [1.29, 1.82) is 0 Å². The molecular weight excluding hydrogens is 310 g/mol. The summed E-state index contributed by atoms with van der Waals surface area (Å²) in [6.45, 7) is 2.58. The second-order valence-corrected chi connectivity index (χ2v) is 6.25. The highest BCUT2D eigenvalue weighted by molar-refractivity contribution is 6.30. The molecule has 0 fully saturated rings. The number of halogens is 1. The number of likely N-dealkylation sites (N-methyl/N-ethyl adjacent to an activating group) is 1. The Kier molecular flexibility index (Phi) is 4.39. The molecule has 1 aromatic heterocycles. The quantitative estimate of drug-likeness (QED) is 0.702. The van der Waals surface area contributed by atoms with E-state index in [1.807, 2.05) is 56.4 Å². The van der Waals surface area contributed by atoms with E-state index in [4.69, 9.17) is 16.0 Å². The fourth-order valence-electron chi connectivity index (χ4n) is 2.58. The molecule has 2 aromatic carbocycles. The lowest BCUT2D eigenvalue weighted by Crippen LogP contribution is -2.27. The number of hydrogen-bond acceptors (Lipinski definition) is 2. The molecule has 0 radical (unpaired) electrons. The molecule has 0 aliphatic carbocycles. The van der Waals surface area contributed by atoms with Crippen LogP contribution >= 0.6 is 11.6 Å². The minimum atomic E-state index is 0.0585. The Hall–Kier alpha value is -2.26. The van der Waals surface area contributed by atoms with Crippen LogP contribution in [-0.2, 0) is 17.8 Å². The van der Waals surface area contributed by atoms with Crippen LogP contribution in [0.2, 0.25) is 5.02 Å². The molecule has 0 N–H and O–H groups in total. The maximum Gasteiger partial charge on any atom is 0.227 e. The Morgan fingerprint density at radius 2 is 1.91 bits per heavy atom. The van der Waals surface area contributed by atoms with Crippen LogP contribution in [0.15, 0.2) is 53.1 Å². The van der Waals surface area contributed by atoms with E-state index in [1.54, 1.807) is 11.2 Å². The van der Waals surface area contributed by atoms with Crippen LogP contribution in [-0.4, -0.2) is 17.9 Å². The first-order valence-corrected chi connectivity index (χ1v) is 7.86. The number of hydrogen-bond donors (Lipinski definition) is 0. The van der Waals surface area contributed by atoms with Gasteiger partial charge in [-0.05, 0) is 36.2 Å². The van der Waals surface area contributed by atoms with E-state index in [2.05, 4.69) is 0 Å². The molecule has 0 aliphatic rings. The van der Waals surface area contributed by atoms with Gasteiger partial charge in [0.25, 0.3) is 0 Å². The first kappa shape index (κ1) is 15.6. The van der Waals surface area contributed by atoms with Crippen LogP contribution in [0, 0.1) is 6.92 Å². The van der Waals surface area contributed by atoms with Crippen molar-refractivity contribution in [3.63, 3.8) is 0 Å². The van der Waals surface area contributed by atoms with Crippen molar-refractivity contribution in [2.24, 2.45) is 0 Å². The molecule has 1 heterocycles. The summed E-state index contributed by atoms with van der Waals surface area (Å²) >= 11 is 5.88. The predicted octanol–water partition coefficient (Wildman–Crippen LogP) is 4.60. The number of aryl methyl sites for hydroxylation is 1. The highest BCUT2D eigenvalue weighted by atomic mass is 35.5. The van der Waals surface area contributed by atoms with Gasteiger partial charge in [-0.1, -0.05) is 35.9 Å². The third kappa shape index (κ3) is 3.57. The normalized spacial score (nSPS) is 10.9. The summed E-state index contributed by atoms with van der Waals surface area (Å²) in [6.07, 6.45) is 2.01. The molecule has 0 spiro atoms. The molecule has 0 unspecified atom stereocenters. The summed E-state index contributed by atoms with van der Waals surface area (Å²) in [6, 6.07) is 13.6. The van der Waals surface area contributed by atoms with Crippen LogP contribution in [0.3, 0.4) is 0 Å². The van der Waals surface area contributed by atoms with Crippen molar-refractivity contribution in [3.8, 4) is 0 Å². The highest BCUT2D eigenvalue weighted by Crippen LogP contribution is 2.23. The SMILES string of the molecule is Cc1ccc2c(CC(=O)N(C)Cc3ccc(Cl)cc3)coc2c1. The van der Waals surface area contributed by atoms with Crippen molar-refractivity contribution < 1.29 is 9.21 Å². The van der Waals surface area contributed by atoms with E-state index < -0.39 is 0 Å². The molecule has 0 saturated heterocycles. The van der Waals surface area contributed by atoms with Gasteiger partial charge in [0.15, 0.2) is 0 Å². The molecule has 0 aliphatic heterocycles. The topological polar surface area (TPSA) is 33.5 Å². The Bertz CT molecular complexity index is 836. The van der Waals surface area contributed by atoms with Crippen molar-refractivity contribution in [2.45, 2.75) is 19.9 Å². The number of benzene rings is 2. The molecule has 3 nitrogen and oxygen atoms in total. The van der Waals surface area contributed by atoms with E-state index in [1.165, 1.54) is 0 Å². The van der Waals surface area contributed by atoms with Gasteiger partial charge in [0.05, 0.1) is 12.7 Å². The third-order valence-corrected chi connectivity index (χ3v) is 4.16. The standard InChI is InChI=1S/C19H18ClNO2/c1-13-3-8-17-15(12-23-18(17)9-13)10-19(22)21(2)11-14-4-6-16(20)7-5-14/h3-9,12H,10-11H2,1-2H3. The van der Waals surface area contributed by atoms with E-state index in [0.717, 1.165) is 27.7 Å². The number of carbonyl (C=O) groups is 1. The maximum absolute atomic E-state index is 12.5. The molecule has 118 valence electrons. The molecule has 0 saturated carbocycles. The molecular formula is C19H18ClNO2. The minimum absolute atomic E-state index is 0.0585. The summed E-state index contributed by atoms with van der Waals surface area (Å²) in [5.74, 6) is 0.0585. The Morgan fingerprint density at radius 1 is 1.17 bits per heavy atom. The number of fused-ring (bicyclic) bond motifs is 1. The lowest BCUT2D eigenvalue weighted by Gasteiger charge is -2.17. The summed E-state index contributed by atoms with van der Waals surface area (Å²) in [5, 5.41) is 1.70. The lowest BCUT2D eigenvalue weighted by molar-refractivity contribution is -0.129. The van der Waals surface area contributed by atoms with Crippen LogP contribution < -0.4 is 0 Å². The van der Waals surface area contributed by atoms with Crippen molar-refractivity contribution in [3.05, 3.63) is 70.4 Å².